The van der Waals surface area contributed by atoms with Crippen molar-refractivity contribution < 1.29 is 14.4 Å². The van der Waals surface area contributed by atoms with E-state index in [9.17, 15) is 14.4 Å². The Bertz CT molecular complexity index is 679. The van der Waals surface area contributed by atoms with Gasteiger partial charge < -0.3 is 16.0 Å². The van der Waals surface area contributed by atoms with E-state index < -0.39 is 5.91 Å². The van der Waals surface area contributed by atoms with Gasteiger partial charge in [0.05, 0.1) is 0 Å². The lowest BCUT2D eigenvalue weighted by molar-refractivity contribution is -0.137. The number of hydrogen-bond donors (Lipinski definition) is 2. The highest BCUT2D eigenvalue weighted by Gasteiger charge is 2.28. The van der Waals surface area contributed by atoms with Crippen molar-refractivity contribution in [1.82, 2.24) is 4.90 Å². The molecule has 29 heavy (non-hydrogen) atoms. The van der Waals surface area contributed by atoms with Gasteiger partial charge in [0.2, 0.25) is 17.7 Å². The van der Waals surface area contributed by atoms with Crippen molar-refractivity contribution >= 4 is 23.4 Å². The van der Waals surface area contributed by atoms with Crippen molar-refractivity contribution in [3.05, 3.63) is 29.8 Å². The first-order valence-corrected chi connectivity index (χ1v) is 10.9. The van der Waals surface area contributed by atoms with Crippen molar-refractivity contribution in [3.63, 3.8) is 0 Å². The molecule has 1 saturated carbocycles. The van der Waals surface area contributed by atoms with E-state index in [4.69, 9.17) is 5.73 Å². The lowest BCUT2D eigenvalue weighted by Gasteiger charge is -2.31. The molecule has 0 aliphatic heterocycles. The fourth-order valence-electron chi connectivity index (χ4n) is 4.05. The molecule has 1 aliphatic carbocycles. The molecule has 160 valence electrons. The number of unbranched alkanes of at least 4 members (excludes halogenated alkanes) is 1. The lowest BCUT2D eigenvalue weighted by atomic mass is 9.79. The number of nitrogens with two attached hydrogens (primary N) is 1. The Balaban J connectivity index is 1.78. The molecule has 0 aromatic heterocycles. The van der Waals surface area contributed by atoms with Crippen LogP contribution in [0.1, 0.15) is 75.6 Å². The number of anilines is 1. The number of nitrogens with one attached hydrogen (secondary N) is 1. The number of benzene rings is 1. The molecule has 1 aromatic rings. The summed E-state index contributed by atoms with van der Waals surface area (Å²) in [7, 11) is 0. The van der Waals surface area contributed by atoms with Gasteiger partial charge in [0.1, 0.15) is 0 Å². The minimum atomic E-state index is -0.501. The zero-order chi connectivity index (χ0) is 21.2. The maximum Gasteiger partial charge on any atom is 0.248 e. The van der Waals surface area contributed by atoms with Crippen molar-refractivity contribution in [1.29, 1.82) is 0 Å². The first kappa shape index (κ1) is 22.9. The monoisotopic (exact) mass is 401 g/mol. The van der Waals surface area contributed by atoms with Gasteiger partial charge in [-0.3, -0.25) is 14.4 Å². The normalized spacial score (nSPS) is 18.8. The summed E-state index contributed by atoms with van der Waals surface area (Å²) in [4.78, 5) is 38.0. The quantitative estimate of drug-likeness (QED) is 0.621. The maximum absolute atomic E-state index is 12.9. The van der Waals surface area contributed by atoms with E-state index in [1.165, 1.54) is 19.3 Å². The van der Waals surface area contributed by atoms with Crippen LogP contribution in [0.15, 0.2) is 24.3 Å². The van der Waals surface area contributed by atoms with E-state index in [0.717, 1.165) is 31.6 Å². The fraction of sp³-hybridized carbons (Fsp3) is 0.609. The molecule has 0 radical (unpaired) electrons. The van der Waals surface area contributed by atoms with E-state index in [1.54, 1.807) is 24.3 Å². The van der Waals surface area contributed by atoms with E-state index in [-0.39, 0.29) is 24.2 Å². The minimum absolute atomic E-state index is 0.109. The highest BCUT2D eigenvalue weighted by molar-refractivity contribution is 5.95. The van der Waals surface area contributed by atoms with Crippen molar-refractivity contribution in [2.45, 2.75) is 65.2 Å². The Labute approximate surface area is 174 Å². The molecule has 1 aliphatic rings. The Hall–Kier alpha value is -2.37. The van der Waals surface area contributed by atoms with Crippen molar-refractivity contribution in [2.75, 3.05) is 18.4 Å². The number of carbonyl (C=O) groups is 3. The summed E-state index contributed by atoms with van der Waals surface area (Å²) in [6, 6.07) is 6.46. The summed E-state index contributed by atoms with van der Waals surface area (Å²) >= 11 is 0. The number of amides is 3. The minimum Gasteiger partial charge on any atom is -0.366 e. The zero-order valence-electron chi connectivity index (χ0n) is 17.8. The van der Waals surface area contributed by atoms with Crippen LogP contribution in [0.2, 0.25) is 0 Å². The second-order valence-corrected chi connectivity index (χ2v) is 8.02. The van der Waals surface area contributed by atoms with Crippen LogP contribution < -0.4 is 11.1 Å². The van der Waals surface area contributed by atoms with Crippen LogP contribution >= 0.6 is 0 Å². The van der Waals surface area contributed by atoms with Crippen LogP contribution in [-0.2, 0) is 9.59 Å². The summed E-state index contributed by atoms with van der Waals surface area (Å²) in [5.74, 6) is 0.434. The largest absolute Gasteiger partial charge is 0.366 e. The molecule has 0 atom stereocenters. The van der Waals surface area contributed by atoms with Gasteiger partial charge in [-0.2, -0.15) is 0 Å². The van der Waals surface area contributed by atoms with E-state index in [2.05, 4.69) is 12.2 Å². The van der Waals surface area contributed by atoms with Crippen molar-refractivity contribution in [3.8, 4) is 0 Å². The molecule has 1 aromatic carbocycles. The molecule has 2 rings (SSSR count). The first-order valence-electron chi connectivity index (χ1n) is 10.9. The van der Waals surface area contributed by atoms with Gasteiger partial charge in [0.25, 0.3) is 0 Å². The average Bonchev–Trinajstić information content (AvgIpc) is 2.73. The van der Waals surface area contributed by atoms with Crippen LogP contribution in [0.5, 0.6) is 0 Å². The maximum atomic E-state index is 12.9. The summed E-state index contributed by atoms with van der Waals surface area (Å²) in [6.07, 6.45) is 8.30. The summed E-state index contributed by atoms with van der Waals surface area (Å²) < 4.78 is 0. The smallest absolute Gasteiger partial charge is 0.248 e. The molecule has 6 heteroatoms. The molecular formula is C23H35N3O3. The van der Waals surface area contributed by atoms with Crippen LogP contribution in [0.25, 0.3) is 0 Å². The second-order valence-electron chi connectivity index (χ2n) is 8.02. The molecule has 3 amide bonds. The van der Waals surface area contributed by atoms with E-state index in [1.807, 2.05) is 11.8 Å². The molecule has 0 spiro atoms. The predicted octanol–water partition coefficient (Wildman–Crippen LogP) is 3.96. The van der Waals surface area contributed by atoms with Gasteiger partial charge >= 0.3 is 0 Å². The second kappa shape index (κ2) is 11.6. The average molecular weight is 402 g/mol. The van der Waals surface area contributed by atoms with Crippen LogP contribution in [0.4, 0.5) is 5.69 Å². The summed E-state index contributed by atoms with van der Waals surface area (Å²) in [5.41, 5.74) is 6.23. The predicted molar refractivity (Wildman–Crippen MR) is 115 cm³/mol. The van der Waals surface area contributed by atoms with Gasteiger partial charge in [-0.05, 0) is 62.8 Å². The highest BCUT2D eigenvalue weighted by Crippen LogP contribution is 2.32. The molecule has 6 nitrogen and oxygen atoms in total. The topological polar surface area (TPSA) is 92.5 Å². The molecule has 0 unspecified atom stereocenters. The molecule has 0 bridgehead atoms. The van der Waals surface area contributed by atoms with Crippen LogP contribution in [0, 0.1) is 11.8 Å². The number of hydrogen-bond acceptors (Lipinski definition) is 3. The van der Waals surface area contributed by atoms with Crippen LogP contribution in [-0.4, -0.2) is 35.7 Å². The SMILES string of the molecule is CCCCC1CCC(C(=O)N(CC)CCC(=O)Nc2ccc(C(N)=O)cc2)CC1. The van der Waals surface area contributed by atoms with Crippen molar-refractivity contribution in [2.24, 2.45) is 17.6 Å². The summed E-state index contributed by atoms with van der Waals surface area (Å²) in [6.45, 7) is 5.23. The Kier molecular flexibility index (Phi) is 9.16. The summed E-state index contributed by atoms with van der Waals surface area (Å²) in [5, 5.41) is 2.80. The molecular weight excluding hydrogens is 366 g/mol. The standard InChI is InChI=1S/C23H35N3O3/c1-3-5-6-17-7-9-19(10-8-17)23(29)26(4-2)16-15-21(27)25-20-13-11-18(12-14-20)22(24)28/h11-14,17,19H,3-10,15-16H2,1-2H3,(H2,24,28)(H,25,27). The van der Waals surface area contributed by atoms with Crippen LogP contribution in [0.3, 0.4) is 0 Å². The molecule has 1 fully saturated rings. The Morgan fingerprint density at radius 3 is 2.28 bits per heavy atom. The van der Waals surface area contributed by atoms with Gasteiger partial charge in [0, 0.05) is 36.7 Å². The molecule has 0 heterocycles. The third-order valence-corrected chi connectivity index (χ3v) is 5.92. The zero-order valence-corrected chi connectivity index (χ0v) is 17.8. The number of primary amides is 1. The Morgan fingerprint density at radius 2 is 1.72 bits per heavy atom. The molecule has 3 N–H and O–H groups in total. The van der Waals surface area contributed by atoms with Gasteiger partial charge in [-0.25, -0.2) is 0 Å². The third-order valence-electron chi connectivity index (χ3n) is 5.92. The lowest BCUT2D eigenvalue weighted by Crippen LogP contribution is -2.39. The van der Waals surface area contributed by atoms with Gasteiger partial charge in [-0.1, -0.05) is 26.2 Å². The fourth-order valence-corrected chi connectivity index (χ4v) is 4.05. The van der Waals surface area contributed by atoms with Gasteiger partial charge in [0.15, 0.2) is 0 Å². The van der Waals surface area contributed by atoms with E-state index in [0.29, 0.717) is 24.3 Å². The molecule has 0 saturated heterocycles. The Morgan fingerprint density at radius 1 is 1.07 bits per heavy atom. The first-order chi connectivity index (χ1) is 13.9. The highest BCUT2D eigenvalue weighted by atomic mass is 16.2. The van der Waals surface area contributed by atoms with Gasteiger partial charge in [-0.15, -0.1) is 0 Å². The number of carbonyl (C=O) groups excluding carboxylic acids is 3. The third kappa shape index (κ3) is 7.18. The van der Waals surface area contributed by atoms with E-state index >= 15 is 0 Å². The number of nitrogens with zero attached hydrogens (tertiary/aromatic N) is 1. The number of rotatable bonds is 10.